The second-order valence-electron chi connectivity index (χ2n) is 5.47. The minimum atomic E-state index is 0.769. The van der Waals surface area contributed by atoms with Crippen LogP contribution in [-0.2, 0) is 5.75 Å². The second kappa shape index (κ2) is 6.01. The molecule has 5 heteroatoms. The van der Waals surface area contributed by atoms with E-state index in [0.29, 0.717) is 0 Å². The Hall–Kier alpha value is -2.01. The van der Waals surface area contributed by atoms with Gasteiger partial charge in [-0.25, -0.2) is 4.98 Å². The first-order valence-corrected chi connectivity index (χ1v) is 8.57. The summed E-state index contributed by atoms with van der Waals surface area (Å²) in [4.78, 5) is 7.03. The van der Waals surface area contributed by atoms with Gasteiger partial charge in [0.15, 0.2) is 16.9 Å². The Bertz CT molecular complexity index is 766. The van der Waals surface area contributed by atoms with Gasteiger partial charge in [-0.2, -0.15) is 0 Å². The Morgan fingerprint density at radius 2 is 1.86 bits per heavy atom. The Morgan fingerprint density at radius 1 is 1.05 bits per heavy atom. The zero-order valence-electron chi connectivity index (χ0n) is 12.2. The van der Waals surface area contributed by atoms with Crippen LogP contribution in [0.4, 0.5) is 5.82 Å². The third-order valence-corrected chi connectivity index (χ3v) is 4.91. The van der Waals surface area contributed by atoms with E-state index in [-0.39, 0.29) is 0 Å². The van der Waals surface area contributed by atoms with Gasteiger partial charge in [0.05, 0.1) is 5.03 Å². The van der Waals surface area contributed by atoms with Crippen LogP contribution in [0.15, 0.2) is 52.0 Å². The van der Waals surface area contributed by atoms with E-state index in [9.17, 15) is 0 Å². The van der Waals surface area contributed by atoms with Gasteiger partial charge in [-0.1, -0.05) is 35.5 Å². The highest BCUT2D eigenvalue weighted by atomic mass is 32.2. The van der Waals surface area contributed by atoms with Crippen molar-refractivity contribution in [2.45, 2.75) is 23.6 Å². The third-order valence-electron chi connectivity index (χ3n) is 3.91. The van der Waals surface area contributed by atoms with Crippen molar-refractivity contribution in [2.24, 2.45) is 0 Å². The first-order valence-electron chi connectivity index (χ1n) is 7.58. The minimum Gasteiger partial charge on any atom is -0.352 e. The summed E-state index contributed by atoms with van der Waals surface area (Å²) in [6, 6.07) is 14.4. The quantitative estimate of drug-likeness (QED) is 0.678. The highest BCUT2D eigenvalue weighted by molar-refractivity contribution is 7.98. The van der Waals surface area contributed by atoms with Crippen molar-refractivity contribution in [1.29, 1.82) is 0 Å². The van der Waals surface area contributed by atoms with Crippen molar-refractivity contribution in [3.8, 4) is 0 Å². The van der Waals surface area contributed by atoms with E-state index in [2.05, 4.69) is 34.3 Å². The largest absolute Gasteiger partial charge is 0.352 e. The van der Waals surface area contributed by atoms with E-state index in [1.54, 1.807) is 11.8 Å². The van der Waals surface area contributed by atoms with E-state index in [4.69, 9.17) is 9.51 Å². The van der Waals surface area contributed by atoms with Gasteiger partial charge < -0.3 is 9.42 Å². The van der Waals surface area contributed by atoms with Crippen LogP contribution in [-0.4, -0.2) is 23.2 Å². The molecule has 0 amide bonds. The summed E-state index contributed by atoms with van der Waals surface area (Å²) in [5.74, 6) is 1.82. The van der Waals surface area contributed by atoms with E-state index in [1.807, 2.05) is 18.2 Å². The molecule has 0 unspecified atom stereocenters. The Morgan fingerprint density at radius 3 is 2.68 bits per heavy atom. The number of rotatable bonds is 4. The topological polar surface area (TPSA) is 42.2 Å². The van der Waals surface area contributed by atoms with Gasteiger partial charge in [-0.3, -0.25) is 0 Å². The molecular weight excluding hydrogens is 294 g/mol. The summed E-state index contributed by atoms with van der Waals surface area (Å²) in [5, 5.41) is 5.23. The molecule has 4 nitrogen and oxygen atoms in total. The van der Waals surface area contributed by atoms with Crippen molar-refractivity contribution in [3.05, 3.63) is 48.0 Å². The third kappa shape index (κ3) is 2.68. The SMILES string of the molecule is c1ccc(CSc2ccc3onc(N4CCCC4)c3n2)cc1. The van der Waals surface area contributed by atoms with Gasteiger partial charge in [0.1, 0.15) is 0 Å². The molecule has 112 valence electrons. The fourth-order valence-electron chi connectivity index (χ4n) is 2.75. The lowest BCUT2D eigenvalue weighted by Crippen LogP contribution is -2.18. The van der Waals surface area contributed by atoms with Gasteiger partial charge in [0.25, 0.3) is 0 Å². The van der Waals surface area contributed by atoms with Crippen molar-refractivity contribution < 1.29 is 4.52 Å². The molecule has 1 saturated heterocycles. The van der Waals surface area contributed by atoms with Crippen LogP contribution >= 0.6 is 11.8 Å². The number of thioether (sulfide) groups is 1. The fourth-order valence-corrected chi connectivity index (χ4v) is 3.57. The van der Waals surface area contributed by atoms with E-state index >= 15 is 0 Å². The summed E-state index contributed by atoms with van der Waals surface area (Å²) < 4.78 is 5.42. The summed E-state index contributed by atoms with van der Waals surface area (Å²) in [5.41, 5.74) is 2.96. The minimum absolute atomic E-state index is 0.769. The monoisotopic (exact) mass is 311 g/mol. The van der Waals surface area contributed by atoms with Gasteiger partial charge in [0.2, 0.25) is 0 Å². The van der Waals surface area contributed by atoms with Crippen LogP contribution in [0.25, 0.3) is 11.1 Å². The molecule has 1 aliphatic rings. The van der Waals surface area contributed by atoms with Crippen LogP contribution in [0.2, 0.25) is 0 Å². The number of benzene rings is 1. The standard InChI is InChI=1S/C17H17N3OS/c1-2-6-13(7-3-1)12-22-15-9-8-14-16(18-15)17(19-21-14)20-10-4-5-11-20/h1-3,6-9H,4-5,10-12H2. The molecule has 1 fully saturated rings. The molecule has 22 heavy (non-hydrogen) atoms. The van der Waals surface area contributed by atoms with Crippen LogP contribution in [0, 0.1) is 0 Å². The van der Waals surface area contributed by atoms with Gasteiger partial charge in [0, 0.05) is 18.8 Å². The normalized spacial score (nSPS) is 14.8. The predicted molar refractivity (Wildman–Crippen MR) is 89.3 cm³/mol. The number of nitrogens with zero attached hydrogens (tertiary/aromatic N) is 3. The summed E-state index contributed by atoms with van der Waals surface area (Å²) in [7, 11) is 0. The van der Waals surface area contributed by atoms with Gasteiger partial charge in [-0.15, -0.1) is 11.8 Å². The first kappa shape index (κ1) is 13.6. The lowest BCUT2D eigenvalue weighted by molar-refractivity contribution is 0.456. The smallest absolute Gasteiger partial charge is 0.198 e. The number of hydrogen-bond donors (Lipinski definition) is 0. The molecular formula is C17H17N3OS. The molecule has 3 heterocycles. The summed E-state index contributed by atoms with van der Waals surface area (Å²) >= 11 is 1.74. The lowest BCUT2D eigenvalue weighted by Gasteiger charge is -2.12. The molecule has 1 aromatic carbocycles. The molecule has 0 N–H and O–H groups in total. The molecule has 0 saturated carbocycles. The molecule has 0 spiro atoms. The fraction of sp³-hybridized carbons (Fsp3) is 0.294. The average molecular weight is 311 g/mol. The lowest BCUT2D eigenvalue weighted by atomic mass is 10.2. The highest BCUT2D eigenvalue weighted by Gasteiger charge is 2.20. The maximum absolute atomic E-state index is 5.42. The number of aromatic nitrogens is 2. The molecule has 0 bridgehead atoms. The molecule has 0 aliphatic carbocycles. The maximum Gasteiger partial charge on any atom is 0.198 e. The zero-order valence-corrected chi connectivity index (χ0v) is 13.1. The van der Waals surface area contributed by atoms with Crippen molar-refractivity contribution in [2.75, 3.05) is 18.0 Å². The van der Waals surface area contributed by atoms with Crippen molar-refractivity contribution in [3.63, 3.8) is 0 Å². The van der Waals surface area contributed by atoms with E-state index in [0.717, 1.165) is 40.8 Å². The second-order valence-corrected chi connectivity index (χ2v) is 6.47. The summed E-state index contributed by atoms with van der Waals surface area (Å²) in [6.07, 6.45) is 2.44. The molecule has 0 atom stereocenters. The predicted octanol–water partition coefficient (Wildman–Crippen LogP) is 4.12. The van der Waals surface area contributed by atoms with Crippen molar-refractivity contribution >= 4 is 28.7 Å². The maximum atomic E-state index is 5.42. The molecule has 1 aliphatic heterocycles. The number of pyridine rings is 1. The average Bonchev–Trinajstić information content (AvgIpc) is 3.22. The molecule has 0 radical (unpaired) electrons. The molecule has 3 aromatic rings. The van der Waals surface area contributed by atoms with Crippen LogP contribution in [0.5, 0.6) is 0 Å². The van der Waals surface area contributed by atoms with E-state index < -0.39 is 0 Å². The van der Waals surface area contributed by atoms with Gasteiger partial charge in [-0.05, 0) is 30.5 Å². The van der Waals surface area contributed by atoms with Crippen LogP contribution in [0.3, 0.4) is 0 Å². The Kier molecular flexibility index (Phi) is 3.72. The number of hydrogen-bond acceptors (Lipinski definition) is 5. The van der Waals surface area contributed by atoms with Crippen LogP contribution < -0.4 is 4.90 Å². The molecule has 2 aromatic heterocycles. The first-order chi connectivity index (χ1) is 10.9. The summed E-state index contributed by atoms with van der Waals surface area (Å²) in [6.45, 7) is 2.09. The Labute approximate surface area is 133 Å². The van der Waals surface area contributed by atoms with Crippen molar-refractivity contribution in [1.82, 2.24) is 10.1 Å². The van der Waals surface area contributed by atoms with Gasteiger partial charge >= 0.3 is 0 Å². The number of fused-ring (bicyclic) bond motifs is 1. The Balaban J connectivity index is 1.58. The highest BCUT2D eigenvalue weighted by Crippen LogP contribution is 2.30. The van der Waals surface area contributed by atoms with E-state index in [1.165, 1.54) is 18.4 Å². The number of anilines is 1. The van der Waals surface area contributed by atoms with Crippen LogP contribution in [0.1, 0.15) is 18.4 Å². The molecule has 4 rings (SSSR count). The zero-order chi connectivity index (χ0) is 14.8.